The number of carbonyl (C=O) groups excluding carboxylic acids is 1. The minimum absolute atomic E-state index is 0.00368. The zero-order valence-corrected chi connectivity index (χ0v) is 19.0. The van der Waals surface area contributed by atoms with Crippen molar-refractivity contribution >= 4 is 17.4 Å². The smallest absolute Gasteiger partial charge is 0.330 e. The van der Waals surface area contributed by atoms with Crippen LogP contribution in [0.5, 0.6) is 0 Å². The van der Waals surface area contributed by atoms with Gasteiger partial charge in [0.25, 0.3) is 5.56 Å². The predicted octanol–water partition coefficient (Wildman–Crippen LogP) is 0.365. The first-order valence-corrected chi connectivity index (χ1v) is 10.8. The van der Waals surface area contributed by atoms with Gasteiger partial charge in [0.15, 0.2) is 5.69 Å². The standard InChI is InChI=1S/C23H24N8O4/c1-35-12-11-29(19(32)13-16-7-9-18(10-8-16)31-15-25-27-28-31)20-21(24)30(23(34)26-22(20)33)14-17-5-3-2-4-6-17/h2-10,15H,11-14,24H2,1H3,(H,26,33,34). The Morgan fingerprint density at radius 2 is 1.83 bits per heavy atom. The van der Waals surface area contributed by atoms with Crippen molar-refractivity contribution in [3.05, 3.63) is 92.9 Å². The summed E-state index contributed by atoms with van der Waals surface area (Å²) in [4.78, 5) is 42.2. The molecule has 2 aromatic heterocycles. The molecular weight excluding hydrogens is 452 g/mol. The van der Waals surface area contributed by atoms with Crippen molar-refractivity contribution in [2.75, 3.05) is 30.9 Å². The molecule has 35 heavy (non-hydrogen) atoms. The average Bonchev–Trinajstić information content (AvgIpc) is 3.40. The van der Waals surface area contributed by atoms with Gasteiger partial charge < -0.3 is 15.4 Å². The number of benzene rings is 2. The molecule has 12 heteroatoms. The number of hydrogen-bond donors (Lipinski definition) is 2. The average molecular weight is 476 g/mol. The number of nitrogens with zero attached hydrogens (tertiary/aromatic N) is 6. The van der Waals surface area contributed by atoms with Gasteiger partial charge in [-0.1, -0.05) is 42.5 Å². The van der Waals surface area contributed by atoms with Crippen molar-refractivity contribution in [3.63, 3.8) is 0 Å². The molecule has 2 heterocycles. The van der Waals surface area contributed by atoms with Gasteiger partial charge in [-0.25, -0.2) is 9.48 Å². The Hall–Kier alpha value is -4.58. The minimum Gasteiger partial charge on any atom is -0.383 e. The van der Waals surface area contributed by atoms with E-state index in [0.717, 1.165) is 11.3 Å². The number of H-pyrrole nitrogens is 1. The van der Waals surface area contributed by atoms with Crippen LogP contribution in [0.2, 0.25) is 0 Å². The molecule has 180 valence electrons. The van der Waals surface area contributed by atoms with Crippen LogP contribution >= 0.6 is 0 Å². The van der Waals surface area contributed by atoms with Gasteiger partial charge in [0.2, 0.25) is 5.91 Å². The monoisotopic (exact) mass is 476 g/mol. The normalized spacial score (nSPS) is 10.9. The zero-order valence-electron chi connectivity index (χ0n) is 19.0. The third-order valence-electron chi connectivity index (χ3n) is 5.39. The number of anilines is 2. The molecular formula is C23H24N8O4. The van der Waals surface area contributed by atoms with E-state index < -0.39 is 11.2 Å². The summed E-state index contributed by atoms with van der Waals surface area (Å²) < 4.78 is 7.87. The Balaban J connectivity index is 1.64. The molecule has 12 nitrogen and oxygen atoms in total. The lowest BCUT2D eigenvalue weighted by molar-refractivity contribution is -0.118. The van der Waals surface area contributed by atoms with Crippen LogP contribution in [-0.4, -0.2) is 55.9 Å². The Labute approximate surface area is 199 Å². The summed E-state index contributed by atoms with van der Waals surface area (Å²) >= 11 is 0. The van der Waals surface area contributed by atoms with Crippen LogP contribution < -0.4 is 21.9 Å². The van der Waals surface area contributed by atoms with Gasteiger partial charge in [-0.2, -0.15) is 0 Å². The van der Waals surface area contributed by atoms with E-state index in [1.165, 1.54) is 27.6 Å². The molecule has 0 unspecified atom stereocenters. The Morgan fingerprint density at radius 1 is 1.09 bits per heavy atom. The van der Waals surface area contributed by atoms with Crippen LogP contribution in [0, 0.1) is 0 Å². The van der Waals surface area contributed by atoms with E-state index in [2.05, 4.69) is 20.5 Å². The number of hydrogen-bond acceptors (Lipinski definition) is 8. The van der Waals surface area contributed by atoms with Gasteiger partial charge in [-0.15, -0.1) is 5.10 Å². The van der Waals surface area contributed by atoms with Gasteiger partial charge in [0, 0.05) is 13.7 Å². The number of nitrogen functional groups attached to an aromatic ring is 1. The van der Waals surface area contributed by atoms with E-state index in [0.29, 0.717) is 5.56 Å². The van der Waals surface area contributed by atoms with Crippen LogP contribution in [0.1, 0.15) is 11.1 Å². The van der Waals surface area contributed by atoms with Crippen molar-refractivity contribution in [2.45, 2.75) is 13.0 Å². The number of nitrogens with two attached hydrogens (primary N) is 1. The molecule has 4 rings (SSSR count). The number of ether oxygens (including phenoxy) is 1. The lowest BCUT2D eigenvalue weighted by atomic mass is 10.1. The van der Waals surface area contributed by atoms with Gasteiger partial charge in [0.05, 0.1) is 25.3 Å². The van der Waals surface area contributed by atoms with Gasteiger partial charge in [0.1, 0.15) is 12.1 Å². The maximum atomic E-state index is 13.3. The van der Waals surface area contributed by atoms with E-state index in [4.69, 9.17) is 10.5 Å². The molecule has 0 aliphatic rings. The summed E-state index contributed by atoms with van der Waals surface area (Å²) in [5, 5.41) is 11.0. The van der Waals surface area contributed by atoms with E-state index >= 15 is 0 Å². The number of rotatable bonds is 9. The molecule has 2 aromatic carbocycles. The quantitative estimate of drug-likeness (QED) is 0.351. The van der Waals surface area contributed by atoms with Crippen molar-refractivity contribution in [2.24, 2.45) is 0 Å². The first-order valence-electron chi connectivity index (χ1n) is 10.8. The van der Waals surface area contributed by atoms with Crippen LogP contribution in [0.15, 0.2) is 70.5 Å². The number of tetrazole rings is 1. The maximum Gasteiger partial charge on any atom is 0.330 e. The highest BCUT2D eigenvalue weighted by molar-refractivity contribution is 5.96. The fourth-order valence-corrected chi connectivity index (χ4v) is 3.62. The molecule has 0 atom stereocenters. The third kappa shape index (κ3) is 5.33. The Morgan fingerprint density at radius 3 is 2.49 bits per heavy atom. The highest BCUT2D eigenvalue weighted by Gasteiger charge is 2.24. The zero-order chi connectivity index (χ0) is 24.8. The molecule has 0 fully saturated rings. The Bertz CT molecular complexity index is 1400. The van der Waals surface area contributed by atoms with E-state index in [-0.39, 0.29) is 43.5 Å². The van der Waals surface area contributed by atoms with E-state index in [9.17, 15) is 14.4 Å². The SMILES string of the molecule is COCCN(C(=O)Cc1ccc(-n2cnnn2)cc1)c1c(N)n(Cc2ccccc2)c(=O)[nH]c1=O. The van der Waals surface area contributed by atoms with Gasteiger partial charge >= 0.3 is 5.69 Å². The highest BCUT2D eigenvalue weighted by atomic mass is 16.5. The summed E-state index contributed by atoms with van der Waals surface area (Å²) in [5.41, 5.74) is 7.07. The van der Waals surface area contributed by atoms with E-state index in [1.807, 2.05) is 30.3 Å². The topological polar surface area (TPSA) is 154 Å². The predicted molar refractivity (Wildman–Crippen MR) is 128 cm³/mol. The number of aromatic amines is 1. The van der Waals surface area contributed by atoms with Crippen LogP contribution in [0.3, 0.4) is 0 Å². The minimum atomic E-state index is -0.740. The number of carbonyl (C=O) groups is 1. The largest absolute Gasteiger partial charge is 0.383 e. The third-order valence-corrected chi connectivity index (χ3v) is 5.39. The summed E-state index contributed by atoms with van der Waals surface area (Å²) in [6.07, 6.45) is 1.46. The molecule has 0 saturated carbocycles. The van der Waals surface area contributed by atoms with E-state index in [1.54, 1.807) is 24.3 Å². The Kier molecular flexibility index (Phi) is 7.12. The molecule has 0 bridgehead atoms. The second kappa shape index (κ2) is 10.6. The van der Waals surface area contributed by atoms with Gasteiger partial charge in [-0.05, 0) is 33.7 Å². The van der Waals surface area contributed by atoms with Crippen molar-refractivity contribution in [3.8, 4) is 5.69 Å². The number of nitrogens with one attached hydrogen (secondary N) is 1. The number of aromatic nitrogens is 6. The van der Waals surface area contributed by atoms with Crippen molar-refractivity contribution in [1.29, 1.82) is 0 Å². The number of amides is 1. The van der Waals surface area contributed by atoms with Gasteiger partial charge in [-0.3, -0.25) is 19.1 Å². The lowest BCUT2D eigenvalue weighted by Crippen LogP contribution is -2.43. The maximum absolute atomic E-state index is 13.3. The molecule has 3 N–H and O–H groups in total. The molecule has 0 radical (unpaired) electrons. The molecule has 4 aromatic rings. The molecule has 0 aliphatic heterocycles. The first-order chi connectivity index (χ1) is 17.0. The molecule has 0 aliphatic carbocycles. The molecule has 1 amide bonds. The molecule has 0 saturated heterocycles. The molecule has 0 spiro atoms. The number of methoxy groups -OCH3 is 1. The summed E-state index contributed by atoms with van der Waals surface area (Å²) in [7, 11) is 1.49. The summed E-state index contributed by atoms with van der Waals surface area (Å²) in [6, 6.07) is 16.3. The summed E-state index contributed by atoms with van der Waals surface area (Å²) in [6.45, 7) is 0.385. The fourth-order valence-electron chi connectivity index (χ4n) is 3.62. The van der Waals surface area contributed by atoms with Crippen molar-refractivity contribution in [1.82, 2.24) is 29.8 Å². The fraction of sp³-hybridized carbons (Fsp3) is 0.217. The second-order valence-corrected chi connectivity index (χ2v) is 7.70. The van der Waals surface area contributed by atoms with Crippen LogP contribution in [-0.2, 0) is 22.5 Å². The highest BCUT2D eigenvalue weighted by Crippen LogP contribution is 2.19. The summed E-state index contributed by atoms with van der Waals surface area (Å²) in [5.74, 6) is -0.472. The first kappa shape index (κ1) is 23.6. The van der Waals surface area contributed by atoms with Crippen LogP contribution in [0.25, 0.3) is 5.69 Å². The lowest BCUT2D eigenvalue weighted by Gasteiger charge is -2.24. The van der Waals surface area contributed by atoms with Crippen molar-refractivity contribution < 1.29 is 9.53 Å². The second-order valence-electron chi connectivity index (χ2n) is 7.70. The van der Waals surface area contributed by atoms with Crippen LogP contribution in [0.4, 0.5) is 11.5 Å².